The fraction of sp³-hybridized carbons (Fsp3) is 0.267. The summed E-state index contributed by atoms with van der Waals surface area (Å²) in [6.07, 6.45) is 2.60. The fourth-order valence-corrected chi connectivity index (χ4v) is 2.34. The van der Waals surface area contributed by atoms with Gasteiger partial charge in [0, 0.05) is 23.1 Å². The van der Waals surface area contributed by atoms with Gasteiger partial charge in [0.05, 0.1) is 0 Å². The van der Waals surface area contributed by atoms with E-state index in [4.69, 9.17) is 0 Å². The quantitative estimate of drug-likeness (QED) is 0.760. The predicted octanol–water partition coefficient (Wildman–Crippen LogP) is 4.52. The molecule has 0 fully saturated rings. The number of rotatable bonds is 3. The van der Waals surface area contributed by atoms with Crippen molar-refractivity contribution in [2.24, 2.45) is 0 Å². The number of hydrogen-bond acceptors (Lipinski definition) is 1. The molecule has 1 heterocycles. The topological polar surface area (TPSA) is 12.9 Å². The fourth-order valence-electron chi connectivity index (χ4n) is 1.72. The van der Waals surface area contributed by atoms with Gasteiger partial charge in [0.25, 0.3) is 0 Å². The van der Waals surface area contributed by atoms with Gasteiger partial charge >= 0.3 is 0 Å². The van der Waals surface area contributed by atoms with Gasteiger partial charge in [0.15, 0.2) is 0 Å². The summed E-state index contributed by atoms with van der Waals surface area (Å²) < 4.78 is 13.5. The van der Waals surface area contributed by atoms with E-state index < -0.39 is 0 Å². The molecule has 0 aliphatic heterocycles. The molecule has 0 aliphatic rings. The Labute approximate surface area is 115 Å². The number of pyridine rings is 1. The largest absolute Gasteiger partial charge is 0.261 e. The average Bonchev–Trinajstić information content (AvgIpc) is 2.35. The molecule has 0 saturated heterocycles. The summed E-state index contributed by atoms with van der Waals surface area (Å²) in [6, 6.07) is 9.39. The van der Waals surface area contributed by atoms with Crippen molar-refractivity contribution in [3.63, 3.8) is 0 Å². The van der Waals surface area contributed by atoms with E-state index in [1.54, 1.807) is 13.0 Å². The van der Waals surface area contributed by atoms with E-state index in [-0.39, 0.29) is 10.6 Å². The molecule has 1 aromatic carbocycles. The number of halogens is 2. The van der Waals surface area contributed by atoms with Crippen molar-refractivity contribution in [3.05, 3.63) is 64.7 Å². The van der Waals surface area contributed by atoms with Crippen LogP contribution in [0.4, 0.5) is 4.39 Å². The Morgan fingerprint density at radius 1 is 1.22 bits per heavy atom. The third-order valence-corrected chi connectivity index (χ3v) is 3.77. The summed E-state index contributed by atoms with van der Waals surface area (Å²) in [6.45, 7) is 3.78. The molecule has 0 spiro atoms. The highest BCUT2D eigenvalue weighted by Crippen LogP contribution is 2.27. The first-order chi connectivity index (χ1) is 8.56. The smallest absolute Gasteiger partial charge is 0.126 e. The van der Waals surface area contributed by atoms with Crippen LogP contribution in [0.1, 0.15) is 27.2 Å². The second kappa shape index (κ2) is 5.61. The number of aryl methyl sites for hydroxylation is 2. The lowest BCUT2D eigenvalue weighted by atomic mass is 10.1. The Bertz CT molecular complexity index is 537. The van der Waals surface area contributed by atoms with Crippen LogP contribution >= 0.6 is 15.9 Å². The number of aromatic nitrogens is 1. The van der Waals surface area contributed by atoms with Crippen LogP contribution in [0.2, 0.25) is 0 Å². The summed E-state index contributed by atoms with van der Waals surface area (Å²) in [5.74, 6) is -0.159. The van der Waals surface area contributed by atoms with Gasteiger partial charge in [-0.3, -0.25) is 4.98 Å². The maximum Gasteiger partial charge on any atom is 0.126 e. The third kappa shape index (κ3) is 3.16. The van der Waals surface area contributed by atoms with Gasteiger partial charge in [-0.05, 0) is 42.7 Å². The lowest BCUT2D eigenvalue weighted by Crippen LogP contribution is -1.99. The van der Waals surface area contributed by atoms with Crippen molar-refractivity contribution in [2.45, 2.75) is 25.1 Å². The second-order valence-corrected chi connectivity index (χ2v) is 5.61. The van der Waals surface area contributed by atoms with Gasteiger partial charge in [-0.15, -0.1) is 0 Å². The summed E-state index contributed by atoms with van der Waals surface area (Å²) in [5.41, 5.74) is 3.77. The highest BCUT2D eigenvalue weighted by Gasteiger charge is 2.11. The highest BCUT2D eigenvalue weighted by atomic mass is 79.9. The summed E-state index contributed by atoms with van der Waals surface area (Å²) >= 11 is 3.59. The minimum absolute atomic E-state index is 0.0859. The lowest BCUT2D eigenvalue weighted by Gasteiger charge is -2.11. The molecule has 0 amide bonds. The minimum Gasteiger partial charge on any atom is -0.261 e. The predicted molar refractivity (Wildman–Crippen MR) is 75.5 cm³/mol. The van der Waals surface area contributed by atoms with E-state index in [0.29, 0.717) is 5.56 Å². The zero-order chi connectivity index (χ0) is 13.1. The Hall–Kier alpha value is -1.22. The van der Waals surface area contributed by atoms with E-state index in [2.05, 4.69) is 20.9 Å². The van der Waals surface area contributed by atoms with Crippen LogP contribution in [0.25, 0.3) is 0 Å². The molecule has 18 heavy (non-hydrogen) atoms. The first-order valence-electron chi connectivity index (χ1n) is 5.88. The summed E-state index contributed by atoms with van der Waals surface area (Å²) in [7, 11) is 0. The Balaban J connectivity index is 2.13. The molecule has 2 rings (SSSR count). The zero-order valence-corrected chi connectivity index (χ0v) is 12.0. The number of nitrogens with zero attached hydrogens (tertiary/aromatic N) is 1. The molecule has 1 atom stereocenters. The Morgan fingerprint density at radius 3 is 2.61 bits per heavy atom. The molecule has 0 aliphatic carbocycles. The summed E-state index contributed by atoms with van der Waals surface area (Å²) in [5, 5.41) is 0. The Kier molecular flexibility index (Phi) is 4.12. The first kappa shape index (κ1) is 13.2. The van der Waals surface area contributed by atoms with E-state index in [0.717, 1.165) is 23.2 Å². The molecule has 0 saturated carbocycles. The molecule has 3 heteroatoms. The van der Waals surface area contributed by atoms with Crippen LogP contribution in [0.15, 0.2) is 36.5 Å². The van der Waals surface area contributed by atoms with E-state index >= 15 is 0 Å². The molecule has 0 N–H and O–H groups in total. The van der Waals surface area contributed by atoms with Crippen LogP contribution < -0.4 is 0 Å². The third-order valence-electron chi connectivity index (χ3n) is 2.92. The van der Waals surface area contributed by atoms with Crippen LogP contribution in [-0.4, -0.2) is 4.98 Å². The molecular weight excluding hydrogens is 293 g/mol. The van der Waals surface area contributed by atoms with Crippen LogP contribution in [0.3, 0.4) is 0 Å². The van der Waals surface area contributed by atoms with Crippen LogP contribution in [0.5, 0.6) is 0 Å². The standard InChI is InChI=1S/C15H15BrFN/c1-10-3-6-13(18-9-10)8-14(16)12-5-4-11(2)15(17)7-12/h3-7,9,14H,8H2,1-2H3. The van der Waals surface area contributed by atoms with Crippen LogP contribution in [-0.2, 0) is 6.42 Å². The average molecular weight is 308 g/mol. The molecule has 2 aromatic rings. The number of hydrogen-bond donors (Lipinski definition) is 0. The van der Waals surface area contributed by atoms with Gasteiger partial charge < -0.3 is 0 Å². The molecule has 0 bridgehead atoms. The SMILES string of the molecule is Cc1ccc(CC(Br)c2ccc(C)c(F)c2)nc1. The summed E-state index contributed by atoms with van der Waals surface area (Å²) in [4.78, 5) is 4.45. The normalized spacial score (nSPS) is 12.4. The maximum atomic E-state index is 13.5. The second-order valence-electron chi connectivity index (χ2n) is 4.51. The van der Waals surface area contributed by atoms with Crippen molar-refractivity contribution in [1.29, 1.82) is 0 Å². The maximum absolute atomic E-state index is 13.5. The Morgan fingerprint density at radius 2 is 2.00 bits per heavy atom. The first-order valence-corrected chi connectivity index (χ1v) is 6.79. The minimum atomic E-state index is -0.159. The number of alkyl halides is 1. The highest BCUT2D eigenvalue weighted by molar-refractivity contribution is 9.09. The number of benzene rings is 1. The van der Waals surface area contributed by atoms with Gasteiger partial charge in [-0.25, -0.2) is 4.39 Å². The molecule has 1 nitrogen and oxygen atoms in total. The molecular formula is C15H15BrFN. The van der Waals surface area contributed by atoms with Crippen molar-refractivity contribution < 1.29 is 4.39 Å². The molecule has 0 radical (unpaired) electrons. The van der Waals surface area contributed by atoms with Gasteiger partial charge in [0.1, 0.15) is 5.82 Å². The lowest BCUT2D eigenvalue weighted by molar-refractivity contribution is 0.615. The van der Waals surface area contributed by atoms with Crippen molar-refractivity contribution >= 4 is 15.9 Å². The molecule has 1 aromatic heterocycles. The zero-order valence-electron chi connectivity index (χ0n) is 10.5. The van der Waals surface area contributed by atoms with Crippen molar-refractivity contribution in [2.75, 3.05) is 0 Å². The van der Waals surface area contributed by atoms with Gasteiger partial charge in [-0.1, -0.05) is 34.1 Å². The van der Waals surface area contributed by atoms with E-state index in [9.17, 15) is 4.39 Å². The molecule has 1 unspecified atom stereocenters. The van der Waals surface area contributed by atoms with Crippen molar-refractivity contribution in [3.8, 4) is 0 Å². The van der Waals surface area contributed by atoms with Crippen LogP contribution in [0, 0.1) is 19.7 Å². The van der Waals surface area contributed by atoms with E-state index in [1.165, 1.54) is 0 Å². The molecule has 94 valence electrons. The van der Waals surface area contributed by atoms with Gasteiger partial charge in [0.2, 0.25) is 0 Å². The monoisotopic (exact) mass is 307 g/mol. The van der Waals surface area contributed by atoms with Crippen molar-refractivity contribution in [1.82, 2.24) is 4.98 Å². The van der Waals surface area contributed by atoms with E-state index in [1.807, 2.05) is 37.4 Å². The van der Waals surface area contributed by atoms with Gasteiger partial charge in [-0.2, -0.15) is 0 Å².